The second kappa shape index (κ2) is 6.80. The van der Waals surface area contributed by atoms with Crippen LogP contribution in [-0.2, 0) is 6.42 Å². The van der Waals surface area contributed by atoms with Crippen molar-refractivity contribution in [2.24, 2.45) is 0 Å². The van der Waals surface area contributed by atoms with Crippen LogP contribution in [0.2, 0.25) is 0 Å². The fraction of sp³-hybridized carbons (Fsp3) is 0.200. The van der Waals surface area contributed by atoms with Crippen molar-refractivity contribution in [1.29, 1.82) is 0 Å². The molecule has 0 saturated heterocycles. The molecule has 5 rings (SSSR count). The van der Waals surface area contributed by atoms with Crippen molar-refractivity contribution in [3.8, 4) is 34.3 Å². The van der Waals surface area contributed by atoms with Crippen LogP contribution < -0.4 is 9.47 Å². The van der Waals surface area contributed by atoms with Gasteiger partial charge in [0.1, 0.15) is 24.4 Å². The first-order valence-electron chi connectivity index (χ1n) is 8.89. The van der Waals surface area contributed by atoms with Crippen molar-refractivity contribution in [3.05, 3.63) is 60.2 Å². The molecule has 28 heavy (non-hydrogen) atoms. The Morgan fingerprint density at radius 3 is 2.93 bits per heavy atom. The number of nitrogens with one attached hydrogen (secondary N) is 1. The number of rotatable bonds is 4. The van der Waals surface area contributed by atoms with Gasteiger partial charge in [-0.2, -0.15) is 10.1 Å². The van der Waals surface area contributed by atoms with E-state index in [4.69, 9.17) is 14.0 Å². The van der Waals surface area contributed by atoms with Gasteiger partial charge in [0, 0.05) is 17.2 Å². The molecule has 0 fully saturated rings. The highest BCUT2D eigenvalue weighted by Crippen LogP contribution is 2.35. The molecule has 1 N–H and O–H groups in total. The molecular weight excluding hydrogens is 358 g/mol. The van der Waals surface area contributed by atoms with E-state index < -0.39 is 0 Å². The minimum absolute atomic E-state index is 0.0135. The van der Waals surface area contributed by atoms with Gasteiger partial charge in [-0.3, -0.25) is 5.10 Å². The Kier molecular flexibility index (Phi) is 4.01. The minimum atomic E-state index is 0.0135. The summed E-state index contributed by atoms with van der Waals surface area (Å²) in [6.45, 7) is 0.486. The number of aromatic amines is 1. The number of methoxy groups -OCH3 is 1. The van der Waals surface area contributed by atoms with Crippen LogP contribution in [0.1, 0.15) is 17.4 Å². The number of nitrogens with zero attached hydrogens (tertiary/aromatic N) is 4. The molecule has 3 heterocycles. The second-order valence-electron chi connectivity index (χ2n) is 6.56. The van der Waals surface area contributed by atoms with Crippen molar-refractivity contribution in [2.75, 3.05) is 13.7 Å². The molecule has 8 heteroatoms. The SMILES string of the molecule is COc1ccc2c(c1)OCC(c1nc(-c3cccc(-c4ncn[nH]4)c3)no1)C2. The van der Waals surface area contributed by atoms with Gasteiger partial charge in [0.25, 0.3) is 0 Å². The van der Waals surface area contributed by atoms with Crippen molar-refractivity contribution >= 4 is 0 Å². The molecule has 0 amide bonds. The number of benzene rings is 2. The Hall–Kier alpha value is -3.68. The Balaban J connectivity index is 1.39. The maximum atomic E-state index is 5.89. The zero-order valence-electron chi connectivity index (χ0n) is 15.1. The van der Waals surface area contributed by atoms with Crippen molar-refractivity contribution in [3.63, 3.8) is 0 Å². The van der Waals surface area contributed by atoms with Crippen LogP contribution in [0.3, 0.4) is 0 Å². The molecule has 0 spiro atoms. The van der Waals surface area contributed by atoms with Gasteiger partial charge in [-0.05, 0) is 24.1 Å². The van der Waals surface area contributed by atoms with Crippen LogP contribution in [0.25, 0.3) is 22.8 Å². The lowest BCUT2D eigenvalue weighted by Crippen LogP contribution is -2.19. The van der Waals surface area contributed by atoms with Gasteiger partial charge >= 0.3 is 0 Å². The topological polar surface area (TPSA) is 99.0 Å². The largest absolute Gasteiger partial charge is 0.497 e. The van der Waals surface area contributed by atoms with E-state index >= 15 is 0 Å². The van der Waals surface area contributed by atoms with Gasteiger partial charge in [0.15, 0.2) is 5.82 Å². The third kappa shape index (κ3) is 2.98. The summed E-state index contributed by atoms with van der Waals surface area (Å²) in [5.74, 6) is 3.44. The van der Waals surface area contributed by atoms with Crippen molar-refractivity contribution < 1.29 is 14.0 Å². The summed E-state index contributed by atoms with van der Waals surface area (Å²) >= 11 is 0. The quantitative estimate of drug-likeness (QED) is 0.584. The first-order valence-corrected chi connectivity index (χ1v) is 8.89. The predicted molar refractivity (Wildman–Crippen MR) is 100 cm³/mol. The summed E-state index contributed by atoms with van der Waals surface area (Å²) in [5.41, 5.74) is 2.86. The molecule has 0 saturated carbocycles. The number of fused-ring (bicyclic) bond motifs is 1. The van der Waals surface area contributed by atoms with Crippen LogP contribution in [0.15, 0.2) is 53.3 Å². The lowest BCUT2D eigenvalue weighted by molar-refractivity contribution is 0.229. The predicted octanol–water partition coefficient (Wildman–Crippen LogP) is 3.25. The van der Waals surface area contributed by atoms with E-state index in [1.54, 1.807) is 7.11 Å². The summed E-state index contributed by atoms with van der Waals surface area (Å²) in [7, 11) is 1.64. The Labute approximate surface area is 160 Å². The molecular formula is C20H17N5O3. The molecule has 0 aliphatic carbocycles. The van der Waals surface area contributed by atoms with Crippen LogP contribution in [0, 0.1) is 0 Å². The monoisotopic (exact) mass is 375 g/mol. The van der Waals surface area contributed by atoms with Gasteiger partial charge in [-0.15, -0.1) is 0 Å². The molecule has 0 radical (unpaired) electrons. The second-order valence-corrected chi connectivity index (χ2v) is 6.56. The molecule has 1 aliphatic heterocycles. The highest BCUT2D eigenvalue weighted by atomic mass is 16.5. The Morgan fingerprint density at radius 1 is 1.14 bits per heavy atom. The number of hydrogen-bond donors (Lipinski definition) is 1. The fourth-order valence-electron chi connectivity index (χ4n) is 3.31. The highest BCUT2D eigenvalue weighted by Gasteiger charge is 2.27. The summed E-state index contributed by atoms with van der Waals surface area (Å²) in [6, 6.07) is 13.6. The zero-order chi connectivity index (χ0) is 18.9. The molecule has 2 aromatic heterocycles. The lowest BCUT2D eigenvalue weighted by Gasteiger charge is -2.23. The standard InChI is InChI=1S/C20H17N5O3/c1-26-16-6-5-12-7-15(10-27-17(12)9-16)20-23-19(25-28-20)14-4-2-3-13(8-14)18-21-11-22-24-18/h2-6,8-9,11,15H,7,10H2,1H3,(H,21,22,24). The smallest absolute Gasteiger partial charge is 0.233 e. The third-order valence-corrected chi connectivity index (χ3v) is 4.78. The highest BCUT2D eigenvalue weighted by molar-refractivity contribution is 5.65. The molecule has 1 atom stereocenters. The van der Waals surface area contributed by atoms with E-state index in [0.29, 0.717) is 24.1 Å². The zero-order valence-corrected chi connectivity index (χ0v) is 15.1. The van der Waals surface area contributed by atoms with Gasteiger partial charge < -0.3 is 14.0 Å². The number of aromatic nitrogens is 5. The molecule has 1 aliphatic rings. The maximum Gasteiger partial charge on any atom is 0.233 e. The molecule has 1 unspecified atom stereocenters. The summed E-state index contributed by atoms with van der Waals surface area (Å²) in [4.78, 5) is 8.78. The van der Waals surface area contributed by atoms with Crippen molar-refractivity contribution in [1.82, 2.24) is 25.3 Å². The number of H-pyrrole nitrogens is 1. The van der Waals surface area contributed by atoms with Gasteiger partial charge in [0.05, 0.1) is 13.0 Å². The van der Waals surface area contributed by atoms with Crippen LogP contribution in [0.4, 0.5) is 0 Å². The summed E-state index contributed by atoms with van der Waals surface area (Å²) < 4.78 is 16.7. The van der Waals surface area contributed by atoms with Crippen LogP contribution >= 0.6 is 0 Å². The van der Waals surface area contributed by atoms with E-state index in [2.05, 4.69) is 25.3 Å². The summed E-state index contributed by atoms with van der Waals surface area (Å²) in [6.07, 6.45) is 2.25. The first kappa shape index (κ1) is 16.5. The first-order chi connectivity index (χ1) is 13.8. The average molecular weight is 375 g/mol. The Bertz CT molecular complexity index is 1110. The van der Waals surface area contributed by atoms with Crippen LogP contribution in [0.5, 0.6) is 11.5 Å². The molecule has 8 nitrogen and oxygen atoms in total. The van der Waals surface area contributed by atoms with Gasteiger partial charge in [-0.25, -0.2) is 4.98 Å². The van der Waals surface area contributed by atoms with E-state index in [1.807, 2.05) is 42.5 Å². The van der Waals surface area contributed by atoms with Gasteiger partial charge in [-0.1, -0.05) is 29.4 Å². The normalized spacial score (nSPS) is 15.7. The minimum Gasteiger partial charge on any atom is -0.497 e. The van der Waals surface area contributed by atoms with E-state index in [0.717, 1.165) is 34.6 Å². The number of ether oxygens (including phenoxy) is 2. The van der Waals surface area contributed by atoms with Gasteiger partial charge in [0.2, 0.25) is 11.7 Å². The molecule has 140 valence electrons. The van der Waals surface area contributed by atoms with E-state index in [9.17, 15) is 0 Å². The third-order valence-electron chi connectivity index (χ3n) is 4.78. The lowest BCUT2D eigenvalue weighted by atomic mass is 9.96. The maximum absolute atomic E-state index is 5.89. The van der Waals surface area contributed by atoms with Crippen molar-refractivity contribution in [2.45, 2.75) is 12.3 Å². The van der Waals surface area contributed by atoms with Crippen LogP contribution in [-0.4, -0.2) is 39.0 Å². The summed E-state index contributed by atoms with van der Waals surface area (Å²) in [5, 5.41) is 10.9. The average Bonchev–Trinajstić information content (AvgIpc) is 3.45. The molecule has 2 aromatic carbocycles. The van der Waals surface area contributed by atoms with E-state index in [1.165, 1.54) is 6.33 Å². The molecule has 4 aromatic rings. The fourth-order valence-corrected chi connectivity index (χ4v) is 3.31. The van der Waals surface area contributed by atoms with E-state index in [-0.39, 0.29) is 5.92 Å². The molecule has 0 bridgehead atoms. The number of hydrogen-bond acceptors (Lipinski definition) is 7. The Morgan fingerprint density at radius 2 is 2.07 bits per heavy atom.